The van der Waals surface area contributed by atoms with Crippen LogP contribution in [-0.2, 0) is 14.3 Å². The average Bonchev–Trinajstić information content (AvgIpc) is 3.32. The topological polar surface area (TPSA) is 113 Å². The van der Waals surface area contributed by atoms with Gasteiger partial charge in [-0.2, -0.15) is 0 Å². The standard InChI is InChI=1S/C21H23FN4O3.CH2O2/c1-13-17(7-23-12-24-13)21(28)25-8-15-9-26(19(27)11-29-2)20(18(15)10-25)14-4-3-5-16(22)6-14;2-1-3/h3-7,12,15,18,20H,8-11H2,1-2H3;1H,(H,2,3)/t15-,18-,20+;/m1./s1. The summed E-state index contributed by atoms with van der Waals surface area (Å²) in [5.41, 5.74) is 1.87. The first-order valence-corrected chi connectivity index (χ1v) is 10.1. The first kappa shape index (κ1) is 23.3. The summed E-state index contributed by atoms with van der Waals surface area (Å²) in [7, 11) is 1.48. The molecule has 3 atom stereocenters. The molecule has 0 radical (unpaired) electrons. The van der Waals surface area contributed by atoms with Gasteiger partial charge in [-0.05, 0) is 24.6 Å². The quantitative estimate of drug-likeness (QED) is 0.712. The molecular formula is C22H25FN4O5. The fraction of sp³-hybridized carbons (Fsp3) is 0.409. The molecule has 0 spiro atoms. The number of fused-ring (bicyclic) bond motifs is 1. The number of carbonyl (C=O) groups excluding carboxylic acids is 2. The van der Waals surface area contributed by atoms with Gasteiger partial charge >= 0.3 is 0 Å². The Morgan fingerprint density at radius 1 is 1.31 bits per heavy atom. The Morgan fingerprint density at radius 2 is 2.06 bits per heavy atom. The van der Waals surface area contributed by atoms with E-state index in [1.807, 2.05) is 6.07 Å². The summed E-state index contributed by atoms with van der Waals surface area (Å²) in [6.07, 6.45) is 2.96. The molecule has 0 saturated carbocycles. The van der Waals surface area contributed by atoms with Crippen LogP contribution in [0, 0.1) is 24.6 Å². The number of likely N-dealkylation sites (tertiary alicyclic amines) is 2. The van der Waals surface area contributed by atoms with E-state index in [4.69, 9.17) is 14.6 Å². The number of benzene rings is 1. The highest BCUT2D eigenvalue weighted by molar-refractivity contribution is 5.95. The van der Waals surface area contributed by atoms with Gasteiger partial charge in [0, 0.05) is 44.8 Å². The number of carbonyl (C=O) groups is 3. The Morgan fingerprint density at radius 3 is 2.72 bits per heavy atom. The summed E-state index contributed by atoms with van der Waals surface area (Å²) in [6, 6.07) is 6.06. The first-order valence-electron chi connectivity index (χ1n) is 10.1. The minimum Gasteiger partial charge on any atom is -0.483 e. The number of hydrogen-bond acceptors (Lipinski definition) is 6. The molecule has 2 amide bonds. The highest BCUT2D eigenvalue weighted by Gasteiger charge is 2.50. The van der Waals surface area contributed by atoms with Gasteiger partial charge < -0.3 is 19.6 Å². The van der Waals surface area contributed by atoms with Gasteiger partial charge in [0.2, 0.25) is 5.91 Å². The third-order valence-electron chi connectivity index (χ3n) is 5.87. The fourth-order valence-electron chi connectivity index (χ4n) is 4.56. The monoisotopic (exact) mass is 444 g/mol. The molecule has 2 saturated heterocycles. The normalized spacial score (nSPS) is 21.5. The van der Waals surface area contributed by atoms with E-state index >= 15 is 0 Å². The van der Waals surface area contributed by atoms with Crippen LogP contribution in [0.25, 0.3) is 0 Å². The number of aromatic nitrogens is 2. The van der Waals surface area contributed by atoms with Gasteiger partial charge in [0.25, 0.3) is 12.4 Å². The van der Waals surface area contributed by atoms with Crippen LogP contribution < -0.4 is 0 Å². The van der Waals surface area contributed by atoms with Gasteiger partial charge in [0.1, 0.15) is 18.8 Å². The smallest absolute Gasteiger partial charge is 0.290 e. The zero-order valence-electron chi connectivity index (χ0n) is 17.8. The molecule has 2 aromatic rings. The van der Waals surface area contributed by atoms with Crippen LogP contribution in [0.2, 0.25) is 0 Å². The number of ether oxygens (including phenoxy) is 1. The van der Waals surface area contributed by atoms with Crippen molar-refractivity contribution in [2.75, 3.05) is 33.4 Å². The number of hydrogen-bond donors (Lipinski definition) is 1. The van der Waals surface area contributed by atoms with Crippen LogP contribution in [0.5, 0.6) is 0 Å². The molecule has 2 aliphatic rings. The van der Waals surface area contributed by atoms with Crippen molar-refractivity contribution in [3.8, 4) is 0 Å². The molecule has 2 fully saturated rings. The summed E-state index contributed by atoms with van der Waals surface area (Å²) in [5.74, 6) is -0.413. The van der Waals surface area contributed by atoms with Crippen molar-refractivity contribution in [1.82, 2.24) is 19.8 Å². The second kappa shape index (κ2) is 10.3. The molecule has 0 unspecified atom stereocenters. The minimum atomic E-state index is -0.340. The molecule has 1 N–H and O–H groups in total. The Kier molecular flexibility index (Phi) is 7.47. The fourth-order valence-corrected chi connectivity index (χ4v) is 4.56. The molecule has 4 rings (SSSR count). The molecule has 170 valence electrons. The number of carboxylic acid groups (broad SMARTS) is 1. The van der Waals surface area contributed by atoms with E-state index in [-0.39, 0.29) is 48.6 Å². The molecule has 9 nitrogen and oxygen atoms in total. The van der Waals surface area contributed by atoms with Crippen molar-refractivity contribution >= 4 is 18.3 Å². The van der Waals surface area contributed by atoms with E-state index in [9.17, 15) is 14.0 Å². The summed E-state index contributed by atoms with van der Waals surface area (Å²) in [5, 5.41) is 6.89. The molecule has 3 heterocycles. The summed E-state index contributed by atoms with van der Waals surface area (Å²) in [4.78, 5) is 45.6. The van der Waals surface area contributed by atoms with E-state index in [0.29, 0.717) is 30.9 Å². The maximum atomic E-state index is 13.9. The maximum Gasteiger partial charge on any atom is 0.290 e. The highest BCUT2D eigenvalue weighted by atomic mass is 19.1. The van der Waals surface area contributed by atoms with Crippen molar-refractivity contribution in [2.45, 2.75) is 13.0 Å². The highest BCUT2D eigenvalue weighted by Crippen LogP contribution is 2.45. The van der Waals surface area contributed by atoms with Crippen LogP contribution in [0.15, 0.2) is 36.8 Å². The van der Waals surface area contributed by atoms with Crippen molar-refractivity contribution in [3.63, 3.8) is 0 Å². The van der Waals surface area contributed by atoms with Gasteiger partial charge in [-0.3, -0.25) is 14.4 Å². The van der Waals surface area contributed by atoms with E-state index < -0.39 is 0 Å². The number of methoxy groups -OCH3 is 1. The van der Waals surface area contributed by atoms with Gasteiger partial charge in [-0.1, -0.05) is 12.1 Å². The number of halogens is 1. The van der Waals surface area contributed by atoms with Crippen LogP contribution in [0.1, 0.15) is 27.7 Å². The Bertz CT molecular complexity index is 988. The number of aryl methyl sites for hydroxylation is 1. The second-order valence-corrected chi connectivity index (χ2v) is 7.74. The van der Waals surface area contributed by atoms with Crippen molar-refractivity contribution < 1.29 is 28.6 Å². The van der Waals surface area contributed by atoms with Crippen LogP contribution in [0.3, 0.4) is 0 Å². The van der Waals surface area contributed by atoms with Crippen LogP contribution in [-0.4, -0.2) is 76.5 Å². The predicted molar refractivity (Wildman–Crippen MR) is 111 cm³/mol. The lowest BCUT2D eigenvalue weighted by Gasteiger charge is -2.30. The maximum absolute atomic E-state index is 13.9. The number of amides is 2. The molecule has 2 aliphatic heterocycles. The molecule has 1 aromatic carbocycles. The molecule has 0 bridgehead atoms. The molecular weight excluding hydrogens is 419 g/mol. The lowest BCUT2D eigenvalue weighted by atomic mass is 9.89. The zero-order chi connectivity index (χ0) is 23.3. The largest absolute Gasteiger partial charge is 0.483 e. The summed E-state index contributed by atoms with van der Waals surface area (Å²) < 4.78 is 18.9. The van der Waals surface area contributed by atoms with E-state index in [2.05, 4.69) is 9.97 Å². The SMILES string of the molecule is COCC(=O)N1C[C@H]2CN(C(=O)c3cncnc3C)C[C@H]2[C@@H]1c1cccc(F)c1.O=CO. The second-order valence-electron chi connectivity index (χ2n) is 7.74. The zero-order valence-corrected chi connectivity index (χ0v) is 17.8. The lowest BCUT2D eigenvalue weighted by Crippen LogP contribution is -2.39. The van der Waals surface area contributed by atoms with Crippen LogP contribution in [0.4, 0.5) is 4.39 Å². The third-order valence-corrected chi connectivity index (χ3v) is 5.87. The number of rotatable bonds is 4. The van der Waals surface area contributed by atoms with Crippen LogP contribution >= 0.6 is 0 Å². The Labute approximate surface area is 184 Å². The van der Waals surface area contributed by atoms with Gasteiger partial charge in [0.15, 0.2) is 0 Å². The Hall–Kier alpha value is -3.40. The predicted octanol–water partition coefficient (Wildman–Crippen LogP) is 1.54. The number of nitrogens with zero attached hydrogens (tertiary/aromatic N) is 4. The van der Waals surface area contributed by atoms with Crippen molar-refractivity contribution in [1.29, 1.82) is 0 Å². The molecule has 32 heavy (non-hydrogen) atoms. The average molecular weight is 444 g/mol. The minimum absolute atomic E-state index is 0.0194. The summed E-state index contributed by atoms with van der Waals surface area (Å²) in [6.45, 7) is 3.07. The first-order chi connectivity index (χ1) is 15.4. The lowest BCUT2D eigenvalue weighted by molar-refractivity contribution is -0.136. The third kappa shape index (κ3) is 4.75. The molecule has 0 aliphatic carbocycles. The van der Waals surface area contributed by atoms with Gasteiger partial charge in [-0.25, -0.2) is 14.4 Å². The van der Waals surface area contributed by atoms with E-state index in [1.54, 1.807) is 22.8 Å². The van der Waals surface area contributed by atoms with Crippen molar-refractivity contribution in [2.24, 2.45) is 11.8 Å². The summed E-state index contributed by atoms with van der Waals surface area (Å²) >= 11 is 0. The van der Waals surface area contributed by atoms with Crippen molar-refractivity contribution in [3.05, 3.63) is 59.4 Å². The van der Waals surface area contributed by atoms with Gasteiger partial charge in [-0.15, -0.1) is 0 Å². The molecule has 1 aromatic heterocycles. The molecule has 10 heteroatoms. The van der Waals surface area contributed by atoms with Gasteiger partial charge in [0.05, 0.1) is 17.3 Å². The van der Waals surface area contributed by atoms with E-state index in [0.717, 1.165) is 5.56 Å². The Balaban J connectivity index is 0.000000913. The van der Waals surface area contributed by atoms with E-state index in [1.165, 1.54) is 31.8 Å².